The third kappa shape index (κ3) is 4.15. The highest BCUT2D eigenvalue weighted by Gasteiger charge is 2.24. The van der Waals surface area contributed by atoms with Gasteiger partial charge in [-0.05, 0) is 43.0 Å². The van der Waals surface area contributed by atoms with Crippen LogP contribution < -0.4 is 4.90 Å². The number of piperazine rings is 1. The first-order chi connectivity index (χ1) is 11.9. The molecule has 0 radical (unpaired) electrons. The number of hydrogen-bond donors (Lipinski definition) is 1. The Bertz CT molecular complexity index is 748. The summed E-state index contributed by atoms with van der Waals surface area (Å²) >= 11 is 6.13. The molecule has 1 aliphatic heterocycles. The van der Waals surface area contributed by atoms with Crippen molar-refractivity contribution in [2.24, 2.45) is 5.92 Å². The zero-order valence-corrected chi connectivity index (χ0v) is 15.8. The molecule has 6 heteroatoms. The van der Waals surface area contributed by atoms with E-state index in [1.807, 2.05) is 29.2 Å². The van der Waals surface area contributed by atoms with Crippen LogP contribution in [0.2, 0.25) is 5.02 Å². The number of carbonyl (C=O) groups excluding carboxylic acids is 1. The predicted octanol–water partition coefficient (Wildman–Crippen LogP) is 3.53. The third-order valence-corrected chi connectivity index (χ3v) is 4.79. The van der Waals surface area contributed by atoms with Gasteiger partial charge < -0.3 is 9.80 Å². The van der Waals surface area contributed by atoms with Crippen LogP contribution in [0.25, 0.3) is 0 Å². The molecule has 0 spiro atoms. The summed E-state index contributed by atoms with van der Waals surface area (Å²) in [4.78, 5) is 16.8. The predicted molar refractivity (Wildman–Crippen MR) is 101 cm³/mol. The molecule has 5 nitrogen and oxygen atoms in total. The van der Waals surface area contributed by atoms with Gasteiger partial charge in [-0.3, -0.25) is 9.89 Å². The summed E-state index contributed by atoms with van der Waals surface area (Å²) in [5, 5.41) is 7.93. The van der Waals surface area contributed by atoms with Gasteiger partial charge in [-0.15, -0.1) is 0 Å². The highest BCUT2D eigenvalue weighted by Crippen LogP contribution is 2.25. The molecule has 1 saturated heterocycles. The molecule has 0 bridgehead atoms. The number of H-pyrrole nitrogens is 1. The van der Waals surface area contributed by atoms with E-state index in [1.165, 1.54) is 5.56 Å². The van der Waals surface area contributed by atoms with Gasteiger partial charge in [0.05, 0.1) is 0 Å². The average Bonchev–Trinajstić information content (AvgIpc) is 3.04. The van der Waals surface area contributed by atoms with Crippen molar-refractivity contribution in [3.8, 4) is 0 Å². The standard InChI is InChI=1S/C19H25ClN4O/c1-13(2)10-16-12-17(22-21-16)19(25)24-8-6-23(7-9-24)18-11-15(20)5-4-14(18)3/h4-5,11-13H,6-10H2,1-3H3,(H,21,22). The van der Waals surface area contributed by atoms with Crippen molar-refractivity contribution >= 4 is 23.2 Å². The summed E-state index contributed by atoms with van der Waals surface area (Å²) in [5.74, 6) is 0.543. The Labute approximate surface area is 154 Å². The minimum absolute atomic E-state index is 0.00808. The molecule has 25 heavy (non-hydrogen) atoms. The normalized spacial score (nSPS) is 15.1. The van der Waals surface area contributed by atoms with Crippen molar-refractivity contribution in [1.82, 2.24) is 15.1 Å². The van der Waals surface area contributed by atoms with Crippen LogP contribution in [0.5, 0.6) is 0 Å². The van der Waals surface area contributed by atoms with Crippen LogP contribution in [-0.4, -0.2) is 47.2 Å². The van der Waals surface area contributed by atoms with Crippen molar-refractivity contribution in [1.29, 1.82) is 0 Å². The molecule has 1 fully saturated rings. The zero-order chi connectivity index (χ0) is 18.0. The smallest absolute Gasteiger partial charge is 0.274 e. The molecule has 1 amide bonds. The monoisotopic (exact) mass is 360 g/mol. The first-order valence-corrected chi connectivity index (χ1v) is 9.16. The molecule has 1 N–H and O–H groups in total. The van der Waals surface area contributed by atoms with E-state index in [0.717, 1.165) is 35.9 Å². The Morgan fingerprint density at radius 2 is 1.96 bits per heavy atom. The summed E-state index contributed by atoms with van der Waals surface area (Å²) in [5.41, 5.74) is 3.89. The van der Waals surface area contributed by atoms with Crippen LogP contribution in [0.3, 0.4) is 0 Å². The number of amides is 1. The molecule has 3 rings (SSSR count). The van der Waals surface area contributed by atoms with E-state index in [-0.39, 0.29) is 5.91 Å². The fraction of sp³-hybridized carbons (Fsp3) is 0.474. The molecule has 2 heterocycles. The molecule has 2 aromatic rings. The number of aromatic nitrogens is 2. The van der Waals surface area contributed by atoms with Gasteiger partial charge in [-0.2, -0.15) is 5.10 Å². The van der Waals surface area contributed by atoms with E-state index < -0.39 is 0 Å². The number of anilines is 1. The zero-order valence-electron chi connectivity index (χ0n) is 15.1. The quantitative estimate of drug-likeness (QED) is 0.907. The summed E-state index contributed by atoms with van der Waals surface area (Å²) in [6.07, 6.45) is 0.905. The Kier molecular flexibility index (Phi) is 5.33. The van der Waals surface area contributed by atoms with Crippen LogP contribution in [0.1, 0.15) is 35.6 Å². The van der Waals surface area contributed by atoms with Crippen LogP contribution in [0.4, 0.5) is 5.69 Å². The number of aryl methyl sites for hydroxylation is 1. The highest BCUT2D eigenvalue weighted by molar-refractivity contribution is 6.30. The molecular formula is C19H25ClN4O. The lowest BCUT2D eigenvalue weighted by Crippen LogP contribution is -2.49. The topological polar surface area (TPSA) is 52.2 Å². The second-order valence-corrected chi connectivity index (χ2v) is 7.52. The lowest BCUT2D eigenvalue weighted by Gasteiger charge is -2.36. The SMILES string of the molecule is Cc1ccc(Cl)cc1N1CCN(C(=O)c2cc(CC(C)C)[nH]n2)CC1. The minimum Gasteiger partial charge on any atom is -0.368 e. The van der Waals surface area contributed by atoms with Crippen molar-refractivity contribution in [2.45, 2.75) is 27.2 Å². The highest BCUT2D eigenvalue weighted by atomic mass is 35.5. The van der Waals surface area contributed by atoms with Crippen molar-refractivity contribution in [3.05, 3.63) is 46.2 Å². The maximum atomic E-state index is 12.7. The molecule has 0 saturated carbocycles. The van der Waals surface area contributed by atoms with Gasteiger partial charge in [0.25, 0.3) is 5.91 Å². The number of benzene rings is 1. The first-order valence-electron chi connectivity index (χ1n) is 8.78. The van der Waals surface area contributed by atoms with Gasteiger partial charge in [0, 0.05) is 42.6 Å². The number of hydrogen-bond acceptors (Lipinski definition) is 3. The molecule has 0 atom stereocenters. The van der Waals surface area contributed by atoms with Gasteiger partial charge in [0.2, 0.25) is 0 Å². The lowest BCUT2D eigenvalue weighted by molar-refractivity contribution is 0.0741. The number of carbonyl (C=O) groups is 1. The molecule has 1 aromatic carbocycles. The number of aromatic amines is 1. The van der Waals surface area contributed by atoms with Crippen LogP contribution >= 0.6 is 11.6 Å². The Morgan fingerprint density at radius 1 is 1.24 bits per heavy atom. The van der Waals surface area contributed by atoms with E-state index in [2.05, 4.69) is 35.9 Å². The van der Waals surface area contributed by atoms with Crippen molar-refractivity contribution in [3.63, 3.8) is 0 Å². The molecule has 1 aliphatic rings. The molecule has 0 aliphatic carbocycles. The van der Waals surface area contributed by atoms with Gasteiger partial charge in [0.15, 0.2) is 0 Å². The number of nitrogens with one attached hydrogen (secondary N) is 1. The fourth-order valence-electron chi connectivity index (χ4n) is 3.25. The van der Waals surface area contributed by atoms with Gasteiger partial charge in [-0.1, -0.05) is 31.5 Å². The van der Waals surface area contributed by atoms with E-state index in [9.17, 15) is 4.79 Å². The Balaban J connectivity index is 1.62. The summed E-state index contributed by atoms with van der Waals surface area (Å²) in [6.45, 7) is 9.38. The van der Waals surface area contributed by atoms with Crippen molar-refractivity contribution in [2.75, 3.05) is 31.1 Å². The van der Waals surface area contributed by atoms with Gasteiger partial charge in [0.1, 0.15) is 5.69 Å². The number of halogens is 1. The Hall–Kier alpha value is -2.01. The fourth-order valence-corrected chi connectivity index (χ4v) is 3.42. The average molecular weight is 361 g/mol. The van der Waals surface area contributed by atoms with E-state index in [1.54, 1.807) is 0 Å². The van der Waals surface area contributed by atoms with Gasteiger partial charge in [-0.25, -0.2) is 0 Å². The van der Waals surface area contributed by atoms with E-state index in [4.69, 9.17) is 11.6 Å². The van der Waals surface area contributed by atoms with E-state index in [0.29, 0.717) is 24.7 Å². The van der Waals surface area contributed by atoms with Crippen molar-refractivity contribution < 1.29 is 4.79 Å². The maximum Gasteiger partial charge on any atom is 0.274 e. The van der Waals surface area contributed by atoms with Crippen LogP contribution in [0.15, 0.2) is 24.3 Å². The summed E-state index contributed by atoms with van der Waals surface area (Å²) < 4.78 is 0. The second kappa shape index (κ2) is 7.48. The second-order valence-electron chi connectivity index (χ2n) is 7.09. The third-order valence-electron chi connectivity index (χ3n) is 4.56. The first kappa shape index (κ1) is 17.8. The largest absolute Gasteiger partial charge is 0.368 e. The molecule has 134 valence electrons. The molecule has 1 aromatic heterocycles. The lowest BCUT2D eigenvalue weighted by atomic mass is 10.1. The van der Waals surface area contributed by atoms with Crippen LogP contribution in [0, 0.1) is 12.8 Å². The minimum atomic E-state index is 0.00808. The van der Waals surface area contributed by atoms with E-state index >= 15 is 0 Å². The van der Waals surface area contributed by atoms with Crippen LogP contribution in [-0.2, 0) is 6.42 Å². The van der Waals surface area contributed by atoms with Gasteiger partial charge >= 0.3 is 0 Å². The maximum absolute atomic E-state index is 12.7. The molecular weight excluding hydrogens is 336 g/mol. The Morgan fingerprint density at radius 3 is 2.64 bits per heavy atom. The number of rotatable bonds is 4. The molecule has 0 unspecified atom stereocenters. The summed E-state index contributed by atoms with van der Waals surface area (Å²) in [7, 11) is 0. The number of nitrogens with zero attached hydrogens (tertiary/aromatic N) is 3. The summed E-state index contributed by atoms with van der Waals surface area (Å²) in [6, 6.07) is 7.83.